The van der Waals surface area contributed by atoms with Crippen molar-refractivity contribution >= 4 is 38.7 Å². The first-order valence-electron chi connectivity index (χ1n) is 5.57. The molecule has 0 aliphatic carbocycles. The lowest BCUT2D eigenvalue weighted by atomic mass is 10.1. The maximum Gasteiger partial charge on any atom is 0.260 e. The van der Waals surface area contributed by atoms with Gasteiger partial charge in [0, 0.05) is 34.9 Å². The van der Waals surface area contributed by atoms with E-state index >= 15 is 0 Å². The molecular formula is C12H10BrN5O. The van der Waals surface area contributed by atoms with Crippen LogP contribution in [0.1, 0.15) is 10.4 Å². The molecule has 96 valence electrons. The van der Waals surface area contributed by atoms with E-state index < -0.39 is 0 Å². The van der Waals surface area contributed by atoms with Crippen LogP contribution in [0.2, 0.25) is 0 Å². The molecular weight excluding hydrogens is 310 g/mol. The van der Waals surface area contributed by atoms with E-state index in [1.165, 1.54) is 4.90 Å². The number of hydrogen-bond donors (Lipinski definition) is 2. The molecule has 3 aromatic rings. The lowest BCUT2D eigenvalue weighted by molar-refractivity contribution is 0.0992. The van der Waals surface area contributed by atoms with Gasteiger partial charge < -0.3 is 4.98 Å². The van der Waals surface area contributed by atoms with Crippen LogP contribution in [-0.2, 0) is 0 Å². The van der Waals surface area contributed by atoms with E-state index in [1.54, 1.807) is 37.8 Å². The number of carbonyl (C=O) groups excluding carboxylic acids is 1. The standard InChI is InChI=1S/C12H10BrN5O/c1-18(12-14-2-3-15-12)11(19)7-4-8-6-16-17-10(8)9(13)5-7/h2-6H,1H3,(H,14,15)(H,16,17). The molecule has 0 aliphatic heterocycles. The smallest absolute Gasteiger partial charge is 0.260 e. The molecule has 0 bridgehead atoms. The molecule has 0 saturated carbocycles. The van der Waals surface area contributed by atoms with Gasteiger partial charge in [-0.25, -0.2) is 4.98 Å². The van der Waals surface area contributed by atoms with Gasteiger partial charge in [0.15, 0.2) is 0 Å². The van der Waals surface area contributed by atoms with Gasteiger partial charge in [-0.1, -0.05) is 0 Å². The number of amides is 1. The maximum atomic E-state index is 12.4. The minimum absolute atomic E-state index is 0.140. The van der Waals surface area contributed by atoms with Gasteiger partial charge in [-0.2, -0.15) is 5.10 Å². The second kappa shape index (κ2) is 4.51. The first kappa shape index (κ1) is 11.9. The molecule has 2 aromatic heterocycles. The zero-order valence-electron chi connectivity index (χ0n) is 10.0. The molecule has 19 heavy (non-hydrogen) atoms. The quantitative estimate of drug-likeness (QED) is 0.761. The average Bonchev–Trinajstić information content (AvgIpc) is 3.07. The molecule has 2 N–H and O–H groups in total. The summed E-state index contributed by atoms with van der Waals surface area (Å²) in [5.41, 5.74) is 1.44. The molecule has 0 saturated heterocycles. The van der Waals surface area contributed by atoms with Crippen molar-refractivity contribution in [3.8, 4) is 0 Å². The molecule has 0 aliphatic rings. The van der Waals surface area contributed by atoms with Crippen LogP contribution in [0.5, 0.6) is 0 Å². The molecule has 0 radical (unpaired) electrons. The molecule has 0 unspecified atom stereocenters. The van der Waals surface area contributed by atoms with Crippen LogP contribution in [0.4, 0.5) is 5.95 Å². The minimum atomic E-state index is -0.140. The number of carbonyl (C=O) groups is 1. The van der Waals surface area contributed by atoms with Crippen molar-refractivity contribution in [1.82, 2.24) is 20.2 Å². The van der Waals surface area contributed by atoms with Crippen molar-refractivity contribution in [3.63, 3.8) is 0 Å². The van der Waals surface area contributed by atoms with E-state index in [2.05, 4.69) is 36.1 Å². The van der Waals surface area contributed by atoms with Crippen molar-refractivity contribution in [2.24, 2.45) is 0 Å². The fourth-order valence-electron chi connectivity index (χ4n) is 1.87. The molecule has 2 heterocycles. The lowest BCUT2D eigenvalue weighted by Crippen LogP contribution is -2.27. The van der Waals surface area contributed by atoms with Crippen molar-refractivity contribution in [3.05, 3.63) is 40.8 Å². The van der Waals surface area contributed by atoms with Gasteiger partial charge in [0.1, 0.15) is 0 Å². The van der Waals surface area contributed by atoms with E-state index in [9.17, 15) is 4.79 Å². The second-order valence-electron chi connectivity index (χ2n) is 4.07. The van der Waals surface area contributed by atoms with Crippen LogP contribution >= 0.6 is 15.9 Å². The Kier molecular flexibility index (Phi) is 2.83. The first-order chi connectivity index (χ1) is 9.16. The van der Waals surface area contributed by atoms with Gasteiger partial charge in [-0.15, -0.1) is 0 Å². The van der Waals surface area contributed by atoms with Crippen molar-refractivity contribution in [1.29, 1.82) is 0 Å². The number of aromatic nitrogens is 4. The third-order valence-corrected chi connectivity index (χ3v) is 3.48. The van der Waals surface area contributed by atoms with Gasteiger partial charge in [0.2, 0.25) is 5.95 Å². The number of anilines is 1. The number of nitrogens with zero attached hydrogens (tertiary/aromatic N) is 3. The highest BCUT2D eigenvalue weighted by atomic mass is 79.9. The Balaban J connectivity index is 2.02. The molecule has 1 aromatic carbocycles. The zero-order chi connectivity index (χ0) is 13.4. The van der Waals surface area contributed by atoms with Crippen LogP contribution in [-0.4, -0.2) is 33.1 Å². The number of benzene rings is 1. The number of imidazole rings is 1. The van der Waals surface area contributed by atoms with Crippen LogP contribution in [0.25, 0.3) is 10.9 Å². The first-order valence-corrected chi connectivity index (χ1v) is 6.36. The summed E-state index contributed by atoms with van der Waals surface area (Å²) in [6, 6.07) is 3.56. The zero-order valence-corrected chi connectivity index (χ0v) is 11.6. The summed E-state index contributed by atoms with van der Waals surface area (Å²) >= 11 is 3.43. The summed E-state index contributed by atoms with van der Waals surface area (Å²) in [6.07, 6.45) is 4.96. The SMILES string of the molecule is CN(C(=O)c1cc(Br)c2[nH]ncc2c1)c1ncc[nH]1. The molecule has 0 spiro atoms. The van der Waals surface area contributed by atoms with Crippen molar-refractivity contribution < 1.29 is 4.79 Å². The van der Waals surface area contributed by atoms with Gasteiger partial charge in [-0.3, -0.25) is 14.8 Å². The Labute approximate surface area is 117 Å². The number of halogens is 1. The molecule has 6 nitrogen and oxygen atoms in total. The van der Waals surface area contributed by atoms with Crippen LogP contribution < -0.4 is 4.90 Å². The third-order valence-electron chi connectivity index (χ3n) is 2.85. The summed E-state index contributed by atoms with van der Waals surface area (Å²) in [4.78, 5) is 20.8. The van der Waals surface area contributed by atoms with Crippen LogP contribution in [0.15, 0.2) is 35.2 Å². The van der Waals surface area contributed by atoms with Crippen molar-refractivity contribution in [2.45, 2.75) is 0 Å². The number of rotatable bonds is 2. The Bertz CT molecular complexity index is 734. The van der Waals surface area contributed by atoms with Gasteiger partial charge in [-0.05, 0) is 28.1 Å². The number of H-pyrrole nitrogens is 2. The summed E-state index contributed by atoms with van der Waals surface area (Å²) in [7, 11) is 1.68. The summed E-state index contributed by atoms with van der Waals surface area (Å²) in [5.74, 6) is 0.368. The van der Waals surface area contributed by atoms with Crippen LogP contribution in [0.3, 0.4) is 0 Å². The summed E-state index contributed by atoms with van der Waals surface area (Å²) < 4.78 is 0.804. The molecule has 0 atom stereocenters. The molecule has 0 fully saturated rings. The highest BCUT2D eigenvalue weighted by Crippen LogP contribution is 2.24. The molecule has 1 amide bonds. The monoisotopic (exact) mass is 319 g/mol. The third kappa shape index (κ3) is 2.01. The largest absolute Gasteiger partial charge is 0.331 e. The average molecular weight is 320 g/mol. The number of fused-ring (bicyclic) bond motifs is 1. The second-order valence-corrected chi connectivity index (χ2v) is 4.92. The predicted molar refractivity (Wildman–Crippen MR) is 75.1 cm³/mol. The van der Waals surface area contributed by atoms with Gasteiger partial charge in [0.05, 0.1) is 11.7 Å². The van der Waals surface area contributed by atoms with Crippen molar-refractivity contribution in [2.75, 3.05) is 11.9 Å². The summed E-state index contributed by atoms with van der Waals surface area (Å²) in [5, 5.41) is 7.71. The molecule has 3 rings (SSSR count). The van der Waals surface area contributed by atoms with E-state index in [1.807, 2.05) is 0 Å². The van der Waals surface area contributed by atoms with Gasteiger partial charge >= 0.3 is 0 Å². The highest BCUT2D eigenvalue weighted by molar-refractivity contribution is 9.10. The van der Waals surface area contributed by atoms with E-state index in [-0.39, 0.29) is 5.91 Å². The van der Waals surface area contributed by atoms with Crippen LogP contribution in [0, 0.1) is 0 Å². The predicted octanol–water partition coefficient (Wildman–Crippen LogP) is 2.33. The number of hydrogen-bond acceptors (Lipinski definition) is 3. The highest BCUT2D eigenvalue weighted by Gasteiger charge is 2.17. The summed E-state index contributed by atoms with van der Waals surface area (Å²) in [6.45, 7) is 0. The Morgan fingerprint density at radius 1 is 1.42 bits per heavy atom. The van der Waals surface area contributed by atoms with E-state index in [0.717, 1.165) is 15.4 Å². The topological polar surface area (TPSA) is 77.7 Å². The molecule has 7 heteroatoms. The fourth-order valence-corrected chi connectivity index (χ4v) is 2.43. The number of aromatic amines is 2. The lowest BCUT2D eigenvalue weighted by Gasteiger charge is -2.14. The Morgan fingerprint density at radius 2 is 2.26 bits per heavy atom. The van der Waals surface area contributed by atoms with E-state index in [0.29, 0.717) is 11.5 Å². The fraction of sp³-hybridized carbons (Fsp3) is 0.0833. The Morgan fingerprint density at radius 3 is 3.00 bits per heavy atom. The van der Waals surface area contributed by atoms with E-state index in [4.69, 9.17) is 0 Å². The number of nitrogens with one attached hydrogen (secondary N) is 2. The maximum absolute atomic E-state index is 12.4. The normalized spacial score (nSPS) is 10.8. The minimum Gasteiger partial charge on any atom is -0.331 e. The van der Waals surface area contributed by atoms with Gasteiger partial charge in [0.25, 0.3) is 5.91 Å². The Hall–Kier alpha value is -2.15.